The number of hydrogen-bond donors (Lipinski definition) is 2. The molecule has 1 heterocycles. The van der Waals surface area contributed by atoms with Crippen molar-refractivity contribution >= 4 is 40.8 Å². The zero-order valence-corrected chi connectivity index (χ0v) is 8.55. The van der Waals surface area contributed by atoms with Crippen LogP contribution in [0.4, 0.5) is 5.82 Å². The Labute approximate surface area is 90.8 Å². The van der Waals surface area contributed by atoms with Crippen molar-refractivity contribution < 1.29 is 4.79 Å². The Morgan fingerprint density at radius 3 is 2.50 bits per heavy atom. The van der Waals surface area contributed by atoms with Gasteiger partial charge in [0.05, 0.1) is 5.56 Å². The van der Waals surface area contributed by atoms with Gasteiger partial charge in [0.15, 0.2) is 5.11 Å². The van der Waals surface area contributed by atoms with Crippen LogP contribution in [0.1, 0.15) is 10.4 Å². The van der Waals surface area contributed by atoms with E-state index in [1.54, 1.807) is 0 Å². The molecule has 1 rings (SSSR count). The van der Waals surface area contributed by atoms with Crippen LogP contribution in [-0.2, 0) is 0 Å². The molecule has 1 aromatic heterocycles. The predicted molar refractivity (Wildman–Crippen MR) is 57.9 cm³/mol. The molecule has 0 bridgehead atoms. The molecule has 0 atom stereocenters. The summed E-state index contributed by atoms with van der Waals surface area (Å²) < 4.78 is 1.00. The van der Waals surface area contributed by atoms with Crippen LogP contribution in [0.2, 0.25) is 0 Å². The number of nitrogens with zero attached hydrogens (tertiary/aromatic N) is 2. The van der Waals surface area contributed by atoms with Crippen LogP contribution in [0.5, 0.6) is 0 Å². The van der Waals surface area contributed by atoms with Crippen molar-refractivity contribution in [1.29, 1.82) is 0 Å². The minimum atomic E-state index is -0.555. The monoisotopic (exact) mass is 230 g/mol. The highest BCUT2D eigenvalue weighted by molar-refractivity contribution is 7.80. The second-order valence-corrected chi connectivity index (χ2v) is 3.14. The average molecular weight is 231 g/mol. The third-order valence-electron chi connectivity index (χ3n) is 1.43. The first-order valence-corrected chi connectivity index (χ1v) is 4.28. The molecule has 1 aromatic rings. The standard InChI is InChI=1S/C7H7ClN4OS/c8-12(7(10)14)5-2-1-4(3-11-5)6(9)13/h1-3H,(H2,9,13)(H2,10,14). The lowest BCUT2D eigenvalue weighted by Crippen LogP contribution is -2.27. The van der Waals surface area contributed by atoms with Crippen molar-refractivity contribution in [2.45, 2.75) is 0 Å². The molecule has 5 nitrogen and oxygen atoms in total. The van der Waals surface area contributed by atoms with Gasteiger partial charge in [-0.25, -0.2) is 9.40 Å². The number of amides is 1. The van der Waals surface area contributed by atoms with Gasteiger partial charge in [-0.1, -0.05) is 0 Å². The quantitative estimate of drug-likeness (QED) is 0.567. The second-order valence-electron chi connectivity index (χ2n) is 2.39. The fraction of sp³-hybridized carbons (Fsp3) is 0. The number of anilines is 1. The lowest BCUT2D eigenvalue weighted by Gasteiger charge is -2.11. The van der Waals surface area contributed by atoms with Gasteiger partial charge in [-0.15, -0.1) is 0 Å². The summed E-state index contributed by atoms with van der Waals surface area (Å²) >= 11 is 10.3. The van der Waals surface area contributed by atoms with Gasteiger partial charge in [0.25, 0.3) is 0 Å². The van der Waals surface area contributed by atoms with Gasteiger partial charge in [-0.2, -0.15) is 0 Å². The van der Waals surface area contributed by atoms with E-state index in [0.29, 0.717) is 11.4 Å². The maximum Gasteiger partial charge on any atom is 0.250 e. The summed E-state index contributed by atoms with van der Waals surface area (Å²) in [6, 6.07) is 2.98. The highest BCUT2D eigenvalue weighted by Gasteiger charge is 2.08. The molecule has 0 fully saturated rings. The molecular weight excluding hydrogens is 224 g/mol. The summed E-state index contributed by atoms with van der Waals surface area (Å²) in [5.41, 5.74) is 10.6. The van der Waals surface area contributed by atoms with E-state index in [1.165, 1.54) is 18.3 Å². The van der Waals surface area contributed by atoms with Crippen LogP contribution >= 0.6 is 24.0 Å². The van der Waals surface area contributed by atoms with Crippen molar-refractivity contribution in [2.75, 3.05) is 4.42 Å². The van der Waals surface area contributed by atoms with Gasteiger partial charge in [0.2, 0.25) is 5.91 Å². The number of primary amides is 1. The Morgan fingerprint density at radius 2 is 2.14 bits per heavy atom. The summed E-state index contributed by atoms with van der Waals surface area (Å²) in [7, 11) is 0. The molecular formula is C7H7ClN4OS. The number of halogens is 1. The summed E-state index contributed by atoms with van der Waals surface area (Å²) in [6.07, 6.45) is 1.30. The van der Waals surface area contributed by atoms with Crippen molar-refractivity contribution in [3.05, 3.63) is 23.9 Å². The van der Waals surface area contributed by atoms with E-state index in [1.807, 2.05) is 0 Å². The number of hydrogen-bond acceptors (Lipinski definition) is 3. The fourth-order valence-corrected chi connectivity index (χ4v) is 0.954. The number of nitrogens with two attached hydrogens (primary N) is 2. The molecule has 0 saturated carbocycles. The summed E-state index contributed by atoms with van der Waals surface area (Å²) in [5, 5.41) is -0.0222. The fourth-order valence-electron chi connectivity index (χ4n) is 0.761. The van der Waals surface area contributed by atoms with Crippen molar-refractivity contribution in [2.24, 2.45) is 11.5 Å². The largest absolute Gasteiger partial charge is 0.375 e. The molecule has 0 aromatic carbocycles. The zero-order valence-electron chi connectivity index (χ0n) is 6.98. The summed E-state index contributed by atoms with van der Waals surface area (Å²) in [5.74, 6) is -0.218. The number of aromatic nitrogens is 1. The van der Waals surface area contributed by atoms with E-state index in [4.69, 9.17) is 23.2 Å². The first-order chi connectivity index (χ1) is 6.52. The van der Waals surface area contributed by atoms with Crippen LogP contribution < -0.4 is 15.9 Å². The van der Waals surface area contributed by atoms with E-state index in [9.17, 15) is 4.79 Å². The van der Waals surface area contributed by atoms with Crippen LogP contribution in [0.25, 0.3) is 0 Å². The molecule has 4 N–H and O–H groups in total. The second kappa shape index (κ2) is 4.21. The molecule has 0 aliphatic carbocycles. The van der Waals surface area contributed by atoms with Crippen molar-refractivity contribution in [1.82, 2.24) is 4.98 Å². The first-order valence-electron chi connectivity index (χ1n) is 3.53. The van der Waals surface area contributed by atoms with E-state index in [0.717, 1.165) is 4.42 Å². The smallest absolute Gasteiger partial charge is 0.250 e. The molecule has 0 spiro atoms. The molecule has 7 heteroatoms. The van der Waals surface area contributed by atoms with Gasteiger partial charge in [0.1, 0.15) is 5.82 Å². The Bertz CT molecular complexity index is 366. The van der Waals surface area contributed by atoms with Crippen LogP contribution in [0.3, 0.4) is 0 Å². The maximum absolute atomic E-state index is 10.7. The first kappa shape index (κ1) is 10.7. The van der Waals surface area contributed by atoms with Gasteiger partial charge in [-0.05, 0) is 24.4 Å². The lowest BCUT2D eigenvalue weighted by molar-refractivity contribution is 0.1000. The highest BCUT2D eigenvalue weighted by Crippen LogP contribution is 2.12. The third kappa shape index (κ3) is 2.30. The molecule has 0 aliphatic rings. The van der Waals surface area contributed by atoms with E-state index in [-0.39, 0.29) is 5.11 Å². The van der Waals surface area contributed by atoms with Crippen LogP contribution in [-0.4, -0.2) is 16.0 Å². The Morgan fingerprint density at radius 1 is 1.50 bits per heavy atom. The number of carbonyl (C=O) groups is 1. The van der Waals surface area contributed by atoms with Gasteiger partial charge in [-0.3, -0.25) is 4.79 Å². The Kier molecular flexibility index (Phi) is 3.21. The molecule has 14 heavy (non-hydrogen) atoms. The molecule has 0 unspecified atom stereocenters. The van der Waals surface area contributed by atoms with E-state index < -0.39 is 5.91 Å². The van der Waals surface area contributed by atoms with Crippen molar-refractivity contribution in [3.8, 4) is 0 Å². The number of pyridine rings is 1. The van der Waals surface area contributed by atoms with E-state index in [2.05, 4.69) is 17.2 Å². The van der Waals surface area contributed by atoms with Gasteiger partial charge >= 0.3 is 0 Å². The summed E-state index contributed by atoms with van der Waals surface area (Å²) in [4.78, 5) is 14.5. The molecule has 74 valence electrons. The van der Waals surface area contributed by atoms with Gasteiger partial charge < -0.3 is 11.5 Å². The Balaban J connectivity index is 2.94. The third-order valence-corrected chi connectivity index (χ3v) is 2.07. The molecule has 0 radical (unpaired) electrons. The average Bonchev–Trinajstić information content (AvgIpc) is 2.16. The lowest BCUT2D eigenvalue weighted by atomic mass is 10.3. The Hall–Kier alpha value is -1.40. The minimum Gasteiger partial charge on any atom is -0.375 e. The van der Waals surface area contributed by atoms with Crippen molar-refractivity contribution in [3.63, 3.8) is 0 Å². The normalized spacial score (nSPS) is 9.50. The number of rotatable bonds is 2. The van der Waals surface area contributed by atoms with Crippen LogP contribution in [0.15, 0.2) is 18.3 Å². The van der Waals surface area contributed by atoms with Crippen LogP contribution in [0, 0.1) is 0 Å². The SMILES string of the molecule is NC(=O)c1ccc(N(Cl)C(N)=S)nc1. The predicted octanol–water partition coefficient (Wildman–Crippen LogP) is 0.384. The number of carbonyl (C=O) groups excluding carboxylic acids is 1. The minimum absolute atomic E-state index is 0.0222. The van der Waals surface area contributed by atoms with E-state index >= 15 is 0 Å². The molecule has 0 aliphatic heterocycles. The maximum atomic E-state index is 10.7. The topological polar surface area (TPSA) is 85.2 Å². The number of thiocarbonyl (C=S) groups is 1. The summed E-state index contributed by atoms with van der Waals surface area (Å²) in [6.45, 7) is 0. The zero-order chi connectivity index (χ0) is 10.7. The molecule has 1 amide bonds. The molecule has 0 saturated heterocycles. The van der Waals surface area contributed by atoms with Gasteiger partial charge in [0, 0.05) is 18.0 Å². The highest BCUT2D eigenvalue weighted by atomic mass is 35.5.